The fourth-order valence-corrected chi connectivity index (χ4v) is 1.95. The van der Waals surface area contributed by atoms with E-state index in [9.17, 15) is 9.59 Å². The fourth-order valence-electron chi connectivity index (χ4n) is 1.95. The monoisotopic (exact) mass is 345 g/mol. The first-order chi connectivity index (χ1) is 12.0. The normalized spacial score (nSPS) is 10.6. The van der Waals surface area contributed by atoms with E-state index in [1.807, 2.05) is 13.0 Å². The highest BCUT2D eigenvalue weighted by Gasteiger charge is 2.07. The Kier molecular flexibility index (Phi) is 6.10. The van der Waals surface area contributed by atoms with Gasteiger partial charge < -0.3 is 15.2 Å². The van der Waals surface area contributed by atoms with E-state index in [0.29, 0.717) is 17.1 Å². The van der Waals surface area contributed by atoms with Crippen molar-refractivity contribution in [1.82, 2.24) is 15.2 Å². The molecule has 9 heteroatoms. The van der Waals surface area contributed by atoms with Crippen molar-refractivity contribution in [1.29, 1.82) is 0 Å². The summed E-state index contributed by atoms with van der Waals surface area (Å²) in [4.78, 5) is 22.7. The summed E-state index contributed by atoms with van der Waals surface area (Å²) in [5, 5.41) is 7.91. The number of benzene rings is 1. The smallest absolute Gasteiger partial charge is 0.261 e. The van der Waals surface area contributed by atoms with Crippen LogP contribution in [0.15, 0.2) is 35.6 Å². The van der Waals surface area contributed by atoms with Crippen molar-refractivity contribution >= 4 is 18.0 Å². The number of carbonyl (C=O) groups is 2. The Morgan fingerprint density at radius 2 is 2.16 bits per heavy atom. The van der Waals surface area contributed by atoms with Crippen molar-refractivity contribution in [2.45, 2.75) is 13.5 Å². The van der Waals surface area contributed by atoms with Crippen molar-refractivity contribution in [3.8, 4) is 11.5 Å². The van der Waals surface area contributed by atoms with Crippen LogP contribution in [0.5, 0.6) is 11.5 Å². The molecule has 0 saturated carbocycles. The third kappa shape index (κ3) is 5.34. The fraction of sp³-hybridized carbons (Fsp3) is 0.250. The first-order valence-electron chi connectivity index (χ1n) is 7.39. The quantitative estimate of drug-likeness (QED) is 0.523. The average molecular weight is 345 g/mol. The second-order valence-corrected chi connectivity index (χ2v) is 5.09. The lowest BCUT2D eigenvalue weighted by atomic mass is 10.2. The van der Waals surface area contributed by atoms with E-state index in [-0.39, 0.29) is 19.1 Å². The highest BCUT2D eigenvalue weighted by Crippen LogP contribution is 2.27. The number of nitrogens with two attached hydrogens (primary N) is 1. The molecule has 0 aliphatic heterocycles. The molecular weight excluding hydrogens is 326 g/mol. The number of aryl methyl sites for hydroxylation is 1. The van der Waals surface area contributed by atoms with Gasteiger partial charge in [-0.2, -0.15) is 10.2 Å². The molecule has 0 fully saturated rings. The number of ether oxygens (including phenoxy) is 2. The first-order valence-corrected chi connectivity index (χ1v) is 7.39. The van der Waals surface area contributed by atoms with Crippen LogP contribution >= 0.6 is 0 Å². The van der Waals surface area contributed by atoms with Gasteiger partial charge in [0.2, 0.25) is 0 Å². The largest absolute Gasteiger partial charge is 0.493 e. The second-order valence-electron chi connectivity index (χ2n) is 5.09. The molecule has 0 radical (unpaired) electrons. The Balaban J connectivity index is 1.97. The topological polar surface area (TPSA) is 121 Å². The van der Waals surface area contributed by atoms with Gasteiger partial charge in [0, 0.05) is 11.9 Å². The Morgan fingerprint density at radius 3 is 2.80 bits per heavy atom. The summed E-state index contributed by atoms with van der Waals surface area (Å²) in [5.74, 6) is -0.0931. The van der Waals surface area contributed by atoms with Crippen LogP contribution in [-0.4, -0.2) is 41.5 Å². The molecule has 2 rings (SSSR count). The van der Waals surface area contributed by atoms with Crippen molar-refractivity contribution in [3.05, 3.63) is 41.7 Å². The maximum Gasteiger partial charge on any atom is 0.261 e. The van der Waals surface area contributed by atoms with Crippen molar-refractivity contribution < 1.29 is 19.1 Å². The maximum atomic E-state index is 11.8. The van der Waals surface area contributed by atoms with Gasteiger partial charge in [-0.3, -0.25) is 14.3 Å². The molecule has 2 aromatic rings. The van der Waals surface area contributed by atoms with E-state index in [1.165, 1.54) is 13.3 Å². The predicted octanol–water partition coefficient (Wildman–Crippen LogP) is 0.215. The molecule has 0 atom stereocenters. The zero-order valence-corrected chi connectivity index (χ0v) is 13.9. The van der Waals surface area contributed by atoms with Gasteiger partial charge in [-0.05, 0) is 36.8 Å². The van der Waals surface area contributed by atoms with E-state index in [2.05, 4.69) is 15.6 Å². The van der Waals surface area contributed by atoms with Gasteiger partial charge in [0.15, 0.2) is 18.1 Å². The lowest BCUT2D eigenvalue weighted by Crippen LogP contribution is -2.24. The number of nitrogens with one attached hydrogen (secondary N) is 1. The summed E-state index contributed by atoms with van der Waals surface area (Å²) in [5.41, 5.74) is 9.01. The molecule has 0 spiro atoms. The van der Waals surface area contributed by atoms with E-state index >= 15 is 0 Å². The summed E-state index contributed by atoms with van der Waals surface area (Å²) >= 11 is 0. The average Bonchev–Trinajstić information content (AvgIpc) is 2.98. The molecule has 0 aliphatic carbocycles. The molecule has 1 aromatic heterocycles. The van der Waals surface area contributed by atoms with Gasteiger partial charge in [0.05, 0.1) is 13.3 Å². The number of carbonyl (C=O) groups excluding carboxylic acids is 2. The summed E-state index contributed by atoms with van der Waals surface area (Å²) in [7, 11) is 1.48. The summed E-state index contributed by atoms with van der Waals surface area (Å²) in [6.45, 7) is 1.66. The van der Waals surface area contributed by atoms with Crippen LogP contribution < -0.4 is 20.6 Å². The van der Waals surface area contributed by atoms with Crippen LogP contribution in [0.1, 0.15) is 11.3 Å². The number of nitrogens with zero attached hydrogens (tertiary/aromatic N) is 3. The molecule has 0 aliphatic rings. The number of hydrogen-bond donors (Lipinski definition) is 2. The number of hydrogen-bond acceptors (Lipinski definition) is 6. The van der Waals surface area contributed by atoms with Crippen molar-refractivity contribution in [2.75, 3.05) is 13.7 Å². The molecule has 0 bridgehead atoms. The van der Waals surface area contributed by atoms with Crippen LogP contribution in [0, 0.1) is 6.92 Å². The minimum Gasteiger partial charge on any atom is -0.493 e. The van der Waals surface area contributed by atoms with Crippen LogP contribution in [0.3, 0.4) is 0 Å². The third-order valence-electron chi connectivity index (χ3n) is 3.18. The van der Waals surface area contributed by atoms with Gasteiger partial charge in [0.25, 0.3) is 11.8 Å². The Morgan fingerprint density at radius 1 is 1.36 bits per heavy atom. The molecule has 9 nitrogen and oxygen atoms in total. The Hall–Kier alpha value is -3.36. The van der Waals surface area contributed by atoms with Crippen LogP contribution in [0.25, 0.3) is 0 Å². The predicted molar refractivity (Wildman–Crippen MR) is 90.4 cm³/mol. The van der Waals surface area contributed by atoms with Gasteiger partial charge >= 0.3 is 0 Å². The number of hydrazone groups is 1. The zero-order valence-electron chi connectivity index (χ0n) is 13.9. The molecule has 25 heavy (non-hydrogen) atoms. The van der Waals surface area contributed by atoms with Crippen LogP contribution in [-0.2, 0) is 16.1 Å². The standard InChI is InChI=1S/C16H19N5O4/c1-11-5-6-19-21(11)9-16(23)20-18-8-12-3-4-13(24-2)14(7-12)25-10-15(17)22/h3-8H,9-10H2,1-2H3,(H2,17,22)(H,20,23)/b18-8+. The van der Waals surface area contributed by atoms with Gasteiger partial charge in [-0.15, -0.1) is 0 Å². The molecular formula is C16H19N5O4. The number of rotatable bonds is 8. The molecule has 0 unspecified atom stereocenters. The minimum absolute atomic E-state index is 0.0752. The number of amides is 2. The van der Waals surface area contributed by atoms with Gasteiger partial charge in [-0.25, -0.2) is 5.43 Å². The zero-order chi connectivity index (χ0) is 18.2. The molecule has 0 saturated heterocycles. The number of primary amides is 1. The molecule has 1 aromatic carbocycles. The maximum absolute atomic E-state index is 11.8. The van der Waals surface area contributed by atoms with E-state index in [0.717, 1.165) is 5.69 Å². The summed E-state index contributed by atoms with van der Waals surface area (Å²) < 4.78 is 12.0. The first kappa shape index (κ1) is 18.0. The SMILES string of the molecule is COc1ccc(/C=N/NC(=O)Cn2nccc2C)cc1OCC(N)=O. The van der Waals surface area contributed by atoms with E-state index in [1.54, 1.807) is 29.1 Å². The molecule has 3 N–H and O–H groups in total. The lowest BCUT2D eigenvalue weighted by molar-refractivity contribution is -0.122. The highest BCUT2D eigenvalue weighted by atomic mass is 16.5. The van der Waals surface area contributed by atoms with Gasteiger partial charge in [0.1, 0.15) is 6.54 Å². The summed E-state index contributed by atoms with van der Waals surface area (Å²) in [6.07, 6.45) is 3.07. The second kappa shape index (κ2) is 8.48. The van der Waals surface area contributed by atoms with Gasteiger partial charge in [-0.1, -0.05) is 0 Å². The Labute approximate surface area is 144 Å². The van der Waals surface area contributed by atoms with Crippen LogP contribution in [0.4, 0.5) is 0 Å². The number of aromatic nitrogens is 2. The van der Waals surface area contributed by atoms with Crippen molar-refractivity contribution in [2.24, 2.45) is 10.8 Å². The molecule has 2 amide bonds. The van der Waals surface area contributed by atoms with Crippen molar-refractivity contribution in [3.63, 3.8) is 0 Å². The van der Waals surface area contributed by atoms with E-state index in [4.69, 9.17) is 15.2 Å². The lowest BCUT2D eigenvalue weighted by Gasteiger charge is -2.09. The molecule has 1 heterocycles. The number of methoxy groups -OCH3 is 1. The van der Waals surface area contributed by atoms with Crippen LogP contribution in [0.2, 0.25) is 0 Å². The Bertz CT molecular complexity index is 785. The minimum atomic E-state index is -0.595. The van der Waals surface area contributed by atoms with E-state index < -0.39 is 5.91 Å². The third-order valence-corrected chi connectivity index (χ3v) is 3.18. The highest BCUT2D eigenvalue weighted by molar-refractivity contribution is 5.83. The summed E-state index contributed by atoms with van der Waals surface area (Å²) in [6, 6.07) is 6.81. The molecule has 132 valence electrons.